The van der Waals surface area contributed by atoms with Crippen molar-refractivity contribution in [2.24, 2.45) is 0 Å². The quantitative estimate of drug-likeness (QED) is 0.781. The molecule has 0 saturated heterocycles. The largest absolute Gasteiger partial charge is 0.321 e. The van der Waals surface area contributed by atoms with Crippen molar-refractivity contribution in [1.29, 1.82) is 0 Å². The molecule has 0 atom stereocenters. The maximum absolute atomic E-state index is 12.2. The Balaban J connectivity index is 1.67. The smallest absolute Gasteiger partial charge is 0.269 e. The van der Waals surface area contributed by atoms with E-state index < -0.39 is 0 Å². The normalized spacial score (nSPS) is 10.5. The summed E-state index contributed by atoms with van der Waals surface area (Å²) in [5.74, 6) is -0.154. The molecular formula is C17H16N4OS. The van der Waals surface area contributed by atoms with E-state index in [0.717, 1.165) is 29.3 Å². The molecule has 1 aromatic carbocycles. The van der Waals surface area contributed by atoms with Crippen LogP contribution in [0.1, 0.15) is 33.4 Å². The summed E-state index contributed by atoms with van der Waals surface area (Å²) in [4.78, 5) is 16.8. The highest BCUT2D eigenvalue weighted by atomic mass is 32.1. The molecule has 0 bridgehead atoms. The van der Waals surface area contributed by atoms with Crippen LogP contribution in [0.5, 0.6) is 0 Å². The van der Waals surface area contributed by atoms with E-state index in [2.05, 4.69) is 19.9 Å². The van der Waals surface area contributed by atoms with Crippen LogP contribution in [0.4, 0.5) is 5.69 Å². The van der Waals surface area contributed by atoms with Gasteiger partial charge in [0, 0.05) is 18.1 Å². The Labute approximate surface area is 138 Å². The van der Waals surface area contributed by atoms with Gasteiger partial charge in [0.25, 0.3) is 5.91 Å². The lowest BCUT2D eigenvalue weighted by molar-refractivity contribution is 0.102. The summed E-state index contributed by atoms with van der Waals surface area (Å²) in [6.45, 7) is 1.96. The predicted molar refractivity (Wildman–Crippen MR) is 90.7 cm³/mol. The molecule has 5 nitrogen and oxygen atoms in total. The van der Waals surface area contributed by atoms with Crippen LogP contribution in [0.3, 0.4) is 0 Å². The van der Waals surface area contributed by atoms with Crippen LogP contribution in [0.2, 0.25) is 0 Å². The topological polar surface area (TPSA) is 67.8 Å². The number of carbonyl (C=O) groups excluding carboxylic acids is 1. The second-order valence-corrected chi connectivity index (χ2v) is 5.84. The summed E-state index contributed by atoms with van der Waals surface area (Å²) < 4.78 is 3.84. The van der Waals surface area contributed by atoms with Crippen LogP contribution in [-0.4, -0.2) is 20.5 Å². The van der Waals surface area contributed by atoms with Crippen molar-refractivity contribution in [1.82, 2.24) is 14.6 Å². The summed E-state index contributed by atoms with van der Waals surface area (Å²) >= 11 is 1.13. The fourth-order valence-corrected chi connectivity index (χ4v) is 2.89. The number of aryl methyl sites for hydroxylation is 1. The maximum atomic E-state index is 12.2. The van der Waals surface area contributed by atoms with Gasteiger partial charge in [-0.15, -0.1) is 5.10 Å². The maximum Gasteiger partial charge on any atom is 0.269 e. The lowest BCUT2D eigenvalue weighted by Gasteiger charge is -2.06. The molecule has 1 N–H and O–H groups in total. The molecule has 3 aromatic rings. The monoisotopic (exact) mass is 324 g/mol. The van der Waals surface area contributed by atoms with Gasteiger partial charge < -0.3 is 5.32 Å². The van der Waals surface area contributed by atoms with E-state index in [1.54, 1.807) is 12.4 Å². The average Bonchev–Trinajstić information content (AvgIpc) is 3.06. The van der Waals surface area contributed by atoms with Gasteiger partial charge >= 0.3 is 0 Å². The average molecular weight is 324 g/mol. The molecule has 23 heavy (non-hydrogen) atoms. The molecule has 0 aliphatic carbocycles. The molecule has 0 unspecified atom stereocenters. The van der Waals surface area contributed by atoms with Crippen molar-refractivity contribution < 1.29 is 4.79 Å². The van der Waals surface area contributed by atoms with E-state index in [-0.39, 0.29) is 5.91 Å². The van der Waals surface area contributed by atoms with Gasteiger partial charge in [-0.2, -0.15) is 0 Å². The van der Waals surface area contributed by atoms with Gasteiger partial charge in [0.1, 0.15) is 4.88 Å². The van der Waals surface area contributed by atoms with E-state index in [0.29, 0.717) is 11.3 Å². The van der Waals surface area contributed by atoms with Crippen molar-refractivity contribution in [3.8, 4) is 0 Å². The highest BCUT2D eigenvalue weighted by Crippen LogP contribution is 2.17. The zero-order chi connectivity index (χ0) is 16.1. The van der Waals surface area contributed by atoms with Crippen molar-refractivity contribution in [3.05, 3.63) is 70.5 Å². The van der Waals surface area contributed by atoms with Gasteiger partial charge in [0.15, 0.2) is 0 Å². The van der Waals surface area contributed by atoms with Crippen LogP contribution in [0.25, 0.3) is 0 Å². The molecule has 0 aliphatic heterocycles. The van der Waals surface area contributed by atoms with Gasteiger partial charge in [-0.3, -0.25) is 9.78 Å². The SMILES string of the molecule is CCc1nnsc1C(=O)Nc1ccc(Cc2ccncc2)cc1. The molecule has 6 heteroatoms. The van der Waals surface area contributed by atoms with Gasteiger partial charge in [-0.05, 0) is 59.8 Å². The van der Waals surface area contributed by atoms with E-state index in [1.165, 1.54) is 11.1 Å². The molecular weight excluding hydrogens is 308 g/mol. The Hall–Kier alpha value is -2.60. The number of nitrogens with one attached hydrogen (secondary N) is 1. The zero-order valence-electron chi connectivity index (χ0n) is 12.7. The summed E-state index contributed by atoms with van der Waals surface area (Å²) in [7, 11) is 0. The van der Waals surface area contributed by atoms with Crippen LogP contribution in [0.15, 0.2) is 48.8 Å². The molecule has 116 valence electrons. The number of aromatic nitrogens is 3. The minimum atomic E-state index is -0.154. The van der Waals surface area contributed by atoms with Gasteiger partial charge in [0.2, 0.25) is 0 Å². The van der Waals surface area contributed by atoms with E-state index >= 15 is 0 Å². The van der Waals surface area contributed by atoms with Crippen LogP contribution in [-0.2, 0) is 12.8 Å². The second kappa shape index (κ2) is 7.11. The van der Waals surface area contributed by atoms with Crippen molar-refractivity contribution in [2.75, 3.05) is 5.32 Å². The number of nitrogens with zero attached hydrogens (tertiary/aromatic N) is 3. The van der Waals surface area contributed by atoms with Crippen LogP contribution in [0, 0.1) is 0 Å². The lowest BCUT2D eigenvalue weighted by atomic mass is 10.1. The van der Waals surface area contributed by atoms with Gasteiger partial charge in [-0.1, -0.05) is 23.5 Å². The zero-order valence-corrected chi connectivity index (χ0v) is 13.5. The fourth-order valence-electron chi connectivity index (χ4n) is 2.24. The Morgan fingerprint density at radius 2 is 1.78 bits per heavy atom. The number of hydrogen-bond donors (Lipinski definition) is 1. The molecule has 1 amide bonds. The van der Waals surface area contributed by atoms with Gasteiger partial charge in [0.05, 0.1) is 5.69 Å². The Kier molecular flexibility index (Phi) is 4.73. The number of rotatable bonds is 5. The van der Waals surface area contributed by atoms with E-state index in [1.807, 2.05) is 43.3 Å². The molecule has 2 heterocycles. The summed E-state index contributed by atoms with van der Waals surface area (Å²) in [5, 5.41) is 6.85. The summed E-state index contributed by atoms with van der Waals surface area (Å²) in [6, 6.07) is 11.9. The third kappa shape index (κ3) is 3.78. The predicted octanol–water partition coefficient (Wildman–Crippen LogP) is 3.34. The minimum Gasteiger partial charge on any atom is -0.321 e. The third-order valence-electron chi connectivity index (χ3n) is 3.47. The minimum absolute atomic E-state index is 0.154. The number of anilines is 1. The molecule has 2 aromatic heterocycles. The van der Waals surface area contributed by atoms with Crippen LogP contribution >= 0.6 is 11.5 Å². The van der Waals surface area contributed by atoms with Crippen molar-refractivity contribution in [3.63, 3.8) is 0 Å². The van der Waals surface area contributed by atoms with E-state index in [9.17, 15) is 4.79 Å². The molecule has 0 aliphatic rings. The first-order valence-corrected chi connectivity index (χ1v) is 8.14. The molecule has 0 radical (unpaired) electrons. The van der Waals surface area contributed by atoms with Gasteiger partial charge in [-0.25, -0.2) is 0 Å². The first-order chi connectivity index (χ1) is 11.3. The number of carbonyl (C=O) groups is 1. The van der Waals surface area contributed by atoms with E-state index in [4.69, 9.17) is 0 Å². The molecule has 3 rings (SSSR count). The molecule has 0 spiro atoms. The van der Waals surface area contributed by atoms with Crippen LogP contribution < -0.4 is 5.32 Å². The fraction of sp³-hybridized carbons (Fsp3) is 0.176. The second-order valence-electron chi connectivity index (χ2n) is 5.09. The van der Waals surface area contributed by atoms with Crippen molar-refractivity contribution in [2.45, 2.75) is 19.8 Å². The Morgan fingerprint density at radius 3 is 2.48 bits per heavy atom. The number of hydrogen-bond acceptors (Lipinski definition) is 5. The summed E-state index contributed by atoms with van der Waals surface area (Å²) in [6.07, 6.45) is 5.12. The Morgan fingerprint density at radius 1 is 1.09 bits per heavy atom. The lowest BCUT2D eigenvalue weighted by Crippen LogP contribution is -2.12. The third-order valence-corrected chi connectivity index (χ3v) is 4.23. The Bertz CT molecular complexity index is 784. The highest BCUT2D eigenvalue weighted by Gasteiger charge is 2.14. The number of benzene rings is 1. The number of amides is 1. The summed E-state index contributed by atoms with van der Waals surface area (Å²) in [5.41, 5.74) is 3.90. The first-order valence-electron chi connectivity index (χ1n) is 7.36. The molecule has 0 saturated carbocycles. The highest BCUT2D eigenvalue weighted by molar-refractivity contribution is 7.08. The molecule has 0 fully saturated rings. The standard InChI is InChI=1S/C17H16N4OS/c1-2-15-16(23-21-20-15)17(22)19-14-5-3-12(4-6-14)11-13-7-9-18-10-8-13/h3-10H,2,11H2,1H3,(H,19,22). The van der Waals surface area contributed by atoms with Crippen molar-refractivity contribution >= 4 is 23.1 Å². The number of pyridine rings is 1. The first kappa shape index (κ1) is 15.3.